The zero-order valence-corrected chi connectivity index (χ0v) is 9.56. The molecule has 1 fully saturated rings. The lowest BCUT2D eigenvalue weighted by Gasteiger charge is -2.08. The first-order chi connectivity index (χ1) is 7.31. The largest absolute Gasteiger partial charge is 0.364 e. The van der Waals surface area contributed by atoms with Crippen molar-refractivity contribution in [2.45, 2.75) is 39.2 Å². The Kier molecular flexibility index (Phi) is 4.34. The van der Waals surface area contributed by atoms with E-state index < -0.39 is 0 Å². The van der Waals surface area contributed by atoms with Gasteiger partial charge in [-0.2, -0.15) is 0 Å². The maximum atomic E-state index is 10.4. The molecule has 0 atom stereocenters. The number of carbonyl (C=O) groups excluding carboxylic acids is 1. The van der Waals surface area contributed by atoms with E-state index in [2.05, 4.69) is 5.16 Å². The molecule has 1 aromatic heterocycles. The quantitative estimate of drug-likeness (QED) is 0.715. The van der Waals surface area contributed by atoms with Crippen LogP contribution >= 0.6 is 0 Å². The van der Waals surface area contributed by atoms with Crippen LogP contribution in [0.25, 0.3) is 0 Å². The van der Waals surface area contributed by atoms with Crippen molar-refractivity contribution >= 4 is 6.41 Å². The van der Waals surface area contributed by atoms with Crippen LogP contribution in [0.15, 0.2) is 10.8 Å². The minimum Gasteiger partial charge on any atom is -0.364 e. The molecule has 1 aliphatic rings. The molecule has 0 radical (unpaired) electrons. The van der Waals surface area contributed by atoms with Gasteiger partial charge in [0.1, 0.15) is 6.26 Å². The van der Waals surface area contributed by atoms with Crippen molar-refractivity contribution in [3.05, 3.63) is 17.5 Å². The van der Waals surface area contributed by atoms with E-state index in [1.54, 1.807) is 18.2 Å². The topological polar surface area (TPSA) is 46.3 Å². The summed E-state index contributed by atoms with van der Waals surface area (Å²) in [6.07, 6.45) is 4.84. The number of rotatable bonds is 4. The first kappa shape index (κ1) is 11.8. The highest BCUT2D eigenvalue weighted by atomic mass is 16.5. The first-order valence-corrected chi connectivity index (χ1v) is 5.40. The van der Waals surface area contributed by atoms with Crippen molar-refractivity contribution in [2.75, 3.05) is 7.05 Å². The minimum atomic E-state index is 0.578. The molecule has 0 saturated heterocycles. The van der Waals surface area contributed by atoms with E-state index in [0.717, 1.165) is 17.7 Å². The van der Waals surface area contributed by atoms with Crippen LogP contribution in [0.5, 0.6) is 0 Å². The molecular weight excluding hydrogens is 192 g/mol. The molecule has 1 heterocycles. The summed E-state index contributed by atoms with van der Waals surface area (Å²) in [4.78, 5) is 12.0. The molecule has 0 spiro atoms. The summed E-state index contributed by atoms with van der Waals surface area (Å²) in [6, 6.07) is 0. The van der Waals surface area contributed by atoms with E-state index in [9.17, 15) is 4.79 Å². The van der Waals surface area contributed by atoms with Crippen LogP contribution in [-0.4, -0.2) is 23.5 Å². The number of nitrogens with zero attached hydrogens (tertiary/aromatic N) is 2. The second-order valence-corrected chi connectivity index (χ2v) is 3.52. The molecule has 2 rings (SSSR count). The van der Waals surface area contributed by atoms with E-state index in [1.807, 2.05) is 13.8 Å². The molecule has 4 heteroatoms. The van der Waals surface area contributed by atoms with Gasteiger partial charge >= 0.3 is 0 Å². The molecule has 84 valence electrons. The highest BCUT2D eigenvalue weighted by Crippen LogP contribution is 2.40. The predicted molar refractivity (Wildman–Crippen MR) is 57.4 cm³/mol. The van der Waals surface area contributed by atoms with Gasteiger partial charge in [0, 0.05) is 18.5 Å². The molecule has 0 aromatic carbocycles. The van der Waals surface area contributed by atoms with Crippen LogP contribution in [0.3, 0.4) is 0 Å². The third-order valence-corrected chi connectivity index (χ3v) is 2.24. The number of hydrogen-bond acceptors (Lipinski definition) is 3. The third kappa shape index (κ3) is 3.08. The van der Waals surface area contributed by atoms with Crippen molar-refractivity contribution in [3.8, 4) is 0 Å². The molecule has 1 amide bonds. The Morgan fingerprint density at radius 2 is 2.27 bits per heavy atom. The average Bonchev–Trinajstić information content (AvgIpc) is 3.03. The summed E-state index contributed by atoms with van der Waals surface area (Å²) < 4.78 is 4.90. The van der Waals surface area contributed by atoms with Gasteiger partial charge in [0.15, 0.2) is 0 Å². The van der Waals surface area contributed by atoms with Crippen LogP contribution in [0.1, 0.15) is 43.9 Å². The highest BCUT2D eigenvalue weighted by Gasteiger charge is 2.29. The smallest absolute Gasteiger partial charge is 0.209 e. The fraction of sp³-hybridized carbons (Fsp3) is 0.636. The predicted octanol–water partition coefficient (Wildman–Crippen LogP) is 2.17. The molecular formula is C11H18N2O2. The van der Waals surface area contributed by atoms with Crippen molar-refractivity contribution in [1.29, 1.82) is 0 Å². The van der Waals surface area contributed by atoms with Gasteiger partial charge in [0.25, 0.3) is 0 Å². The molecule has 0 N–H and O–H groups in total. The fourth-order valence-electron chi connectivity index (χ4n) is 1.38. The molecule has 4 nitrogen and oxygen atoms in total. The van der Waals surface area contributed by atoms with E-state index in [0.29, 0.717) is 12.5 Å². The number of aromatic nitrogens is 1. The molecule has 0 aliphatic heterocycles. The Hall–Kier alpha value is -1.32. The van der Waals surface area contributed by atoms with Crippen LogP contribution in [0, 0.1) is 0 Å². The zero-order chi connectivity index (χ0) is 11.3. The standard InChI is InChI=1S/C9H12N2O2.C2H6/c1-11(6-12)4-8-5-13-10-9(8)7-2-3-7;1-2/h5-7H,2-4H2,1H3;1-2H3. The van der Waals surface area contributed by atoms with Crippen molar-refractivity contribution in [2.24, 2.45) is 0 Å². The molecule has 0 unspecified atom stereocenters. The number of amides is 1. The summed E-state index contributed by atoms with van der Waals surface area (Å²) in [5.74, 6) is 0.578. The Morgan fingerprint density at radius 3 is 2.80 bits per heavy atom. The SMILES string of the molecule is CC.CN(C=O)Cc1conc1C1CC1. The number of hydrogen-bond donors (Lipinski definition) is 0. The van der Waals surface area contributed by atoms with Crippen molar-refractivity contribution in [3.63, 3.8) is 0 Å². The van der Waals surface area contributed by atoms with Gasteiger partial charge in [-0.1, -0.05) is 19.0 Å². The monoisotopic (exact) mass is 210 g/mol. The van der Waals surface area contributed by atoms with Gasteiger partial charge in [-0.3, -0.25) is 4.79 Å². The lowest BCUT2D eigenvalue weighted by Crippen LogP contribution is -2.15. The normalized spacial score (nSPS) is 14.1. The van der Waals surface area contributed by atoms with E-state index in [1.165, 1.54) is 12.8 Å². The highest BCUT2D eigenvalue weighted by molar-refractivity contribution is 5.46. The van der Waals surface area contributed by atoms with Crippen LogP contribution < -0.4 is 0 Å². The van der Waals surface area contributed by atoms with Gasteiger partial charge in [-0.25, -0.2) is 0 Å². The third-order valence-electron chi connectivity index (χ3n) is 2.24. The van der Waals surface area contributed by atoms with Gasteiger partial charge in [0.05, 0.1) is 12.2 Å². The van der Waals surface area contributed by atoms with E-state index >= 15 is 0 Å². The second kappa shape index (κ2) is 5.53. The summed E-state index contributed by atoms with van der Waals surface area (Å²) >= 11 is 0. The van der Waals surface area contributed by atoms with Crippen LogP contribution in [-0.2, 0) is 11.3 Å². The second-order valence-electron chi connectivity index (χ2n) is 3.52. The van der Waals surface area contributed by atoms with Crippen LogP contribution in [0.2, 0.25) is 0 Å². The Labute approximate surface area is 90.2 Å². The molecule has 1 aliphatic carbocycles. The fourth-order valence-corrected chi connectivity index (χ4v) is 1.38. The summed E-state index contributed by atoms with van der Waals surface area (Å²) in [7, 11) is 1.75. The Morgan fingerprint density at radius 1 is 1.60 bits per heavy atom. The van der Waals surface area contributed by atoms with Gasteiger partial charge < -0.3 is 9.42 Å². The summed E-state index contributed by atoms with van der Waals surface area (Å²) in [6.45, 7) is 4.60. The molecule has 1 aromatic rings. The van der Waals surface area contributed by atoms with Crippen LogP contribution in [0.4, 0.5) is 0 Å². The molecule has 0 bridgehead atoms. The first-order valence-electron chi connectivity index (χ1n) is 5.40. The number of carbonyl (C=O) groups is 1. The molecule has 15 heavy (non-hydrogen) atoms. The Bertz CT molecular complexity index is 305. The zero-order valence-electron chi connectivity index (χ0n) is 9.56. The lowest BCUT2D eigenvalue weighted by molar-refractivity contribution is -0.117. The van der Waals surface area contributed by atoms with Crippen molar-refractivity contribution < 1.29 is 9.32 Å². The van der Waals surface area contributed by atoms with E-state index in [4.69, 9.17) is 4.52 Å². The van der Waals surface area contributed by atoms with Gasteiger partial charge in [0.2, 0.25) is 6.41 Å². The van der Waals surface area contributed by atoms with Crippen molar-refractivity contribution in [1.82, 2.24) is 10.1 Å². The minimum absolute atomic E-state index is 0.578. The van der Waals surface area contributed by atoms with Gasteiger partial charge in [-0.05, 0) is 12.8 Å². The Balaban J connectivity index is 0.000000531. The average molecular weight is 210 g/mol. The molecule has 1 saturated carbocycles. The lowest BCUT2D eigenvalue weighted by atomic mass is 10.2. The summed E-state index contributed by atoms with van der Waals surface area (Å²) in [5.41, 5.74) is 2.07. The maximum Gasteiger partial charge on any atom is 0.209 e. The maximum absolute atomic E-state index is 10.4. The van der Waals surface area contributed by atoms with Gasteiger partial charge in [-0.15, -0.1) is 0 Å². The summed E-state index contributed by atoms with van der Waals surface area (Å²) in [5, 5.41) is 3.95. The van der Waals surface area contributed by atoms with E-state index in [-0.39, 0.29) is 0 Å².